The number of H-pyrrole nitrogens is 1. The molecular formula is C14H13ClFN3O3S. The fourth-order valence-electron chi connectivity index (χ4n) is 2.74. The molecule has 2 aromatic rings. The number of benzene rings is 1. The van der Waals surface area contributed by atoms with Gasteiger partial charge >= 0.3 is 10.2 Å². The molecule has 6 nitrogen and oxygen atoms in total. The topological polar surface area (TPSA) is 83.1 Å². The first kappa shape index (κ1) is 15.9. The van der Waals surface area contributed by atoms with Gasteiger partial charge < -0.3 is 0 Å². The smallest absolute Gasteiger partial charge is 0.296 e. The van der Waals surface area contributed by atoms with Crippen molar-refractivity contribution in [3.63, 3.8) is 0 Å². The highest BCUT2D eigenvalue weighted by atomic mass is 35.5. The minimum atomic E-state index is -4.61. The molecule has 1 N–H and O–H groups in total. The maximum Gasteiger partial charge on any atom is 0.302 e. The molecule has 0 bridgehead atoms. The first-order valence-corrected chi connectivity index (χ1v) is 8.78. The van der Waals surface area contributed by atoms with Gasteiger partial charge in [-0.15, -0.1) is 3.89 Å². The van der Waals surface area contributed by atoms with Gasteiger partial charge in [0.25, 0.3) is 0 Å². The van der Waals surface area contributed by atoms with Crippen molar-refractivity contribution in [3.05, 3.63) is 35.5 Å². The summed E-state index contributed by atoms with van der Waals surface area (Å²) < 4.78 is 34.4. The second-order valence-corrected chi connectivity index (χ2v) is 7.27. The number of nitrogens with zero attached hydrogens (tertiary/aromatic N) is 2. The number of rotatable bonds is 4. The zero-order valence-corrected chi connectivity index (χ0v) is 13.4. The molecule has 1 aliphatic rings. The second kappa shape index (κ2) is 5.93. The molecule has 1 aromatic heterocycles. The van der Waals surface area contributed by atoms with E-state index in [4.69, 9.17) is 11.6 Å². The van der Waals surface area contributed by atoms with E-state index in [1.165, 1.54) is 4.90 Å². The zero-order valence-electron chi connectivity index (χ0n) is 11.9. The molecule has 122 valence electrons. The Bertz CT molecular complexity index is 852. The van der Waals surface area contributed by atoms with Gasteiger partial charge in [-0.05, 0) is 17.7 Å². The third kappa shape index (κ3) is 3.53. The molecule has 1 aromatic carbocycles. The zero-order chi connectivity index (χ0) is 16.6. The highest BCUT2D eigenvalue weighted by molar-refractivity contribution is 7.86. The summed E-state index contributed by atoms with van der Waals surface area (Å²) in [5.41, 5.74) is 1.44. The number of hydrogen-bond acceptors (Lipinski definition) is 4. The highest BCUT2D eigenvalue weighted by Crippen LogP contribution is 2.34. The molecule has 9 heteroatoms. The van der Waals surface area contributed by atoms with Crippen molar-refractivity contribution in [2.45, 2.75) is 6.42 Å². The summed E-state index contributed by atoms with van der Waals surface area (Å²) in [5, 5.41) is 7.25. The van der Waals surface area contributed by atoms with Crippen LogP contribution in [-0.4, -0.2) is 36.8 Å². The van der Waals surface area contributed by atoms with E-state index in [1.54, 1.807) is 24.4 Å². The Labute approximate surface area is 137 Å². The van der Waals surface area contributed by atoms with Crippen LogP contribution in [0.3, 0.4) is 0 Å². The largest absolute Gasteiger partial charge is 0.302 e. The van der Waals surface area contributed by atoms with Crippen LogP contribution in [0.15, 0.2) is 30.5 Å². The van der Waals surface area contributed by atoms with E-state index in [-0.39, 0.29) is 18.9 Å². The van der Waals surface area contributed by atoms with Gasteiger partial charge in [0, 0.05) is 29.5 Å². The Balaban J connectivity index is 1.89. The molecule has 0 spiro atoms. The molecule has 1 unspecified atom stereocenters. The van der Waals surface area contributed by atoms with Gasteiger partial charge in [-0.3, -0.25) is 14.8 Å². The summed E-state index contributed by atoms with van der Waals surface area (Å²) in [6.07, 6.45) is 1.55. The van der Waals surface area contributed by atoms with Crippen molar-refractivity contribution < 1.29 is 17.1 Å². The Kier molecular flexibility index (Phi) is 4.11. The van der Waals surface area contributed by atoms with E-state index in [2.05, 4.69) is 10.2 Å². The van der Waals surface area contributed by atoms with Gasteiger partial charge in [0.15, 0.2) is 0 Å². The van der Waals surface area contributed by atoms with E-state index in [1.807, 2.05) is 6.07 Å². The van der Waals surface area contributed by atoms with Crippen molar-refractivity contribution in [1.29, 1.82) is 0 Å². The van der Waals surface area contributed by atoms with Crippen molar-refractivity contribution in [2.24, 2.45) is 5.92 Å². The van der Waals surface area contributed by atoms with E-state index >= 15 is 0 Å². The first-order chi connectivity index (χ1) is 10.8. The number of carbonyl (C=O) groups is 1. The average Bonchev–Trinajstić information content (AvgIpc) is 3.03. The lowest BCUT2D eigenvalue weighted by molar-refractivity contribution is -0.117. The van der Waals surface area contributed by atoms with Crippen molar-refractivity contribution >= 4 is 33.5 Å². The molecule has 1 fully saturated rings. The van der Waals surface area contributed by atoms with E-state index in [0.29, 0.717) is 16.4 Å². The Morgan fingerprint density at radius 1 is 1.43 bits per heavy atom. The lowest BCUT2D eigenvalue weighted by Crippen LogP contribution is -2.26. The number of amides is 1. The van der Waals surface area contributed by atoms with Crippen LogP contribution in [0.5, 0.6) is 0 Å². The van der Waals surface area contributed by atoms with Crippen LogP contribution >= 0.6 is 11.6 Å². The van der Waals surface area contributed by atoms with Crippen LogP contribution in [-0.2, 0) is 15.0 Å². The fraction of sp³-hybridized carbons (Fsp3) is 0.286. The minimum Gasteiger partial charge on any atom is -0.296 e. The number of halogens is 2. The number of aromatic amines is 1. The van der Waals surface area contributed by atoms with Crippen molar-refractivity contribution in [3.8, 4) is 11.1 Å². The molecule has 3 rings (SSSR count). The third-order valence-corrected chi connectivity index (χ3v) is 4.77. The molecule has 0 aliphatic carbocycles. The molecule has 23 heavy (non-hydrogen) atoms. The maximum atomic E-state index is 12.8. The molecule has 1 atom stereocenters. The molecule has 1 amide bonds. The summed E-state index contributed by atoms with van der Waals surface area (Å²) in [4.78, 5) is 13.6. The average molecular weight is 358 g/mol. The van der Waals surface area contributed by atoms with Gasteiger partial charge in [-0.2, -0.15) is 13.5 Å². The van der Waals surface area contributed by atoms with Gasteiger partial charge in [0.2, 0.25) is 5.91 Å². The Morgan fingerprint density at radius 3 is 2.91 bits per heavy atom. The molecule has 1 saturated heterocycles. The quantitative estimate of drug-likeness (QED) is 0.851. The lowest BCUT2D eigenvalue weighted by Gasteiger charge is -2.16. The van der Waals surface area contributed by atoms with Crippen LogP contribution in [0, 0.1) is 5.92 Å². The SMILES string of the molecule is O=C1CC(CS(=O)(=O)F)CN1c1[nH]ncc1-c1cccc(Cl)c1. The number of anilines is 1. The van der Waals surface area contributed by atoms with Crippen LogP contribution in [0.1, 0.15) is 6.42 Å². The molecule has 0 radical (unpaired) electrons. The summed E-state index contributed by atoms with van der Waals surface area (Å²) >= 11 is 5.98. The molecule has 0 saturated carbocycles. The summed E-state index contributed by atoms with van der Waals surface area (Å²) in [6.45, 7) is 0.123. The third-order valence-electron chi connectivity index (χ3n) is 3.66. The van der Waals surface area contributed by atoms with Gasteiger partial charge in [-0.25, -0.2) is 0 Å². The second-order valence-electron chi connectivity index (χ2n) is 5.42. The first-order valence-electron chi connectivity index (χ1n) is 6.85. The van der Waals surface area contributed by atoms with Gasteiger partial charge in [-0.1, -0.05) is 23.7 Å². The minimum absolute atomic E-state index is 0.0167. The lowest BCUT2D eigenvalue weighted by atomic mass is 10.1. The molecule has 1 aliphatic heterocycles. The van der Waals surface area contributed by atoms with Crippen LogP contribution in [0.4, 0.5) is 9.70 Å². The Morgan fingerprint density at radius 2 is 2.22 bits per heavy atom. The summed E-state index contributed by atoms with van der Waals surface area (Å²) in [7, 11) is -4.61. The van der Waals surface area contributed by atoms with E-state index in [9.17, 15) is 17.1 Å². The Hall–Kier alpha value is -1.93. The van der Waals surface area contributed by atoms with Gasteiger partial charge in [0.1, 0.15) is 5.82 Å². The fourth-order valence-corrected chi connectivity index (χ4v) is 3.72. The van der Waals surface area contributed by atoms with Crippen LogP contribution in [0.2, 0.25) is 5.02 Å². The molecular weight excluding hydrogens is 345 g/mol. The van der Waals surface area contributed by atoms with E-state index in [0.717, 1.165) is 5.56 Å². The number of aromatic nitrogens is 2. The normalized spacial score (nSPS) is 18.6. The number of carbonyl (C=O) groups excluding carboxylic acids is 1. The number of nitrogens with one attached hydrogen (secondary N) is 1. The summed E-state index contributed by atoms with van der Waals surface area (Å²) in [5.74, 6) is -1.05. The highest BCUT2D eigenvalue weighted by Gasteiger charge is 2.35. The predicted octanol–water partition coefficient (Wildman–Crippen LogP) is 2.38. The van der Waals surface area contributed by atoms with Crippen LogP contribution < -0.4 is 4.90 Å². The maximum absolute atomic E-state index is 12.8. The van der Waals surface area contributed by atoms with Crippen molar-refractivity contribution in [1.82, 2.24) is 10.2 Å². The van der Waals surface area contributed by atoms with E-state index < -0.39 is 21.9 Å². The number of hydrogen-bond donors (Lipinski definition) is 1. The van der Waals surface area contributed by atoms with Gasteiger partial charge in [0.05, 0.1) is 11.9 Å². The van der Waals surface area contributed by atoms with Crippen LogP contribution in [0.25, 0.3) is 11.1 Å². The van der Waals surface area contributed by atoms with Crippen molar-refractivity contribution in [2.75, 3.05) is 17.2 Å². The molecule has 2 heterocycles. The monoisotopic (exact) mass is 357 g/mol. The standard InChI is InChI=1S/C14H13ClFN3O3S/c15-11-3-1-2-10(5-11)12-6-17-18-14(12)19-7-9(4-13(19)20)8-23(16,21)22/h1-3,5-6,9H,4,7-8H2,(H,17,18). The summed E-state index contributed by atoms with van der Waals surface area (Å²) in [6, 6.07) is 7.07. The predicted molar refractivity (Wildman–Crippen MR) is 84.4 cm³/mol.